The Bertz CT molecular complexity index is 549. The second-order valence-electron chi connectivity index (χ2n) is 8.69. The van der Waals surface area contributed by atoms with Gasteiger partial charge >= 0.3 is 6.09 Å². The zero-order valence-corrected chi connectivity index (χ0v) is 15.9. The maximum atomic E-state index is 12.2. The van der Waals surface area contributed by atoms with Gasteiger partial charge in [-0.25, -0.2) is 4.79 Å². The lowest BCUT2D eigenvalue weighted by atomic mass is 9.72. The van der Waals surface area contributed by atoms with Gasteiger partial charge in [0.1, 0.15) is 5.60 Å². The van der Waals surface area contributed by atoms with Crippen molar-refractivity contribution in [2.24, 2.45) is 11.3 Å². The van der Waals surface area contributed by atoms with Gasteiger partial charge in [-0.1, -0.05) is 51.1 Å². The van der Waals surface area contributed by atoms with E-state index in [-0.39, 0.29) is 17.6 Å². The Morgan fingerprint density at radius 1 is 1.29 bits per heavy atom. The fourth-order valence-electron chi connectivity index (χ4n) is 3.36. The monoisotopic (exact) mass is 332 g/mol. The number of ether oxygens (including phenoxy) is 1. The van der Waals surface area contributed by atoms with Gasteiger partial charge in [-0.3, -0.25) is 4.90 Å². The van der Waals surface area contributed by atoms with Gasteiger partial charge in [0.2, 0.25) is 0 Å². The van der Waals surface area contributed by atoms with Crippen molar-refractivity contribution >= 4 is 6.09 Å². The van der Waals surface area contributed by atoms with E-state index in [1.54, 1.807) is 0 Å². The topological polar surface area (TPSA) is 41.6 Å². The maximum Gasteiger partial charge on any atom is 0.407 e. The molecule has 134 valence electrons. The van der Waals surface area contributed by atoms with Gasteiger partial charge in [-0.15, -0.1) is 0 Å². The van der Waals surface area contributed by atoms with E-state index >= 15 is 0 Å². The minimum atomic E-state index is -0.471. The number of rotatable bonds is 3. The summed E-state index contributed by atoms with van der Waals surface area (Å²) in [5.41, 5.74) is 0.965. The first-order valence-corrected chi connectivity index (χ1v) is 8.83. The molecule has 1 aromatic carbocycles. The highest BCUT2D eigenvalue weighted by Gasteiger charge is 2.40. The Balaban J connectivity index is 2.05. The molecule has 1 fully saturated rings. The molecule has 0 radical (unpaired) electrons. The Morgan fingerprint density at radius 3 is 2.50 bits per heavy atom. The van der Waals surface area contributed by atoms with Crippen molar-refractivity contribution in [3.63, 3.8) is 0 Å². The van der Waals surface area contributed by atoms with Crippen molar-refractivity contribution in [3.8, 4) is 0 Å². The molecule has 0 saturated carbocycles. The number of piperidine rings is 1. The second-order valence-corrected chi connectivity index (χ2v) is 8.69. The number of nitrogens with zero attached hydrogens (tertiary/aromatic N) is 1. The van der Waals surface area contributed by atoms with Crippen LogP contribution in [-0.4, -0.2) is 35.7 Å². The molecule has 0 bridgehead atoms. The molecule has 1 aromatic rings. The molecular formula is C20H32N2O2. The Labute approximate surface area is 146 Å². The van der Waals surface area contributed by atoms with Gasteiger partial charge in [-0.2, -0.15) is 0 Å². The minimum absolute atomic E-state index is 0.0901. The number of hydrogen-bond acceptors (Lipinski definition) is 3. The zero-order chi connectivity index (χ0) is 18.0. The van der Waals surface area contributed by atoms with Crippen LogP contribution in [0.3, 0.4) is 0 Å². The van der Waals surface area contributed by atoms with Crippen molar-refractivity contribution in [2.75, 3.05) is 13.1 Å². The molecule has 1 heterocycles. The smallest absolute Gasteiger partial charge is 0.407 e. The highest BCUT2D eigenvalue weighted by atomic mass is 16.6. The van der Waals surface area contributed by atoms with Gasteiger partial charge in [0.05, 0.1) is 0 Å². The third kappa shape index (κ3) is 5.23. The van der Waals surface area contributed by atoms with E-state index in [0.717, 1.165) is 19.6 Å². The lowest BCUT2D eigenvalue weighted by molar-refractivity contribution is 0.0141. The molecule has 4 nitrogen and oxygen atoms in total. The number of carbonyl (C=O) groups is 1. The highest BCUT2D eigenvalue weighted by molar-refractivity contribution is 5.68. The molecule has 1 aliphatic heterocycles. The molecule has 1 amide bonds. The van der Waals surface area contributed by atoms with Crippen molar-refractivity contribution in [1.29, 1.82) is 0 Å². The standard InChI is InChI=1S/C20H32N2O2/c1-15-17(21-18(23)24-19(2,3)4)13-22(14-20(15,5)6)12-16-10-8-7-9-11-16/h7-11,15,17H,12-14H2,1-6H3,(H,21,23). The fraction of sp³-hybridized carbons (Fsp3) is 0.650. The van der Waals surface area contributed by atoms with Crippen LogP contribution >= 0.6 is 0 Å². The highest BCUT2D eigenvalue weighted by Crippen LogP contribution is 2.35. The second kappa shape index (κ2) is 7.14. The van der Waals surface area contributed by atoms with E-state index in [0.29, 0.717) is 5.92 Å². The van der Waals surface area contributed by atoms with Crippen LogP contribution in [0, 0.1) is 11.3 Å². The molecule has 1 N–H and O–H groups in total. The van der Waals surface area contributed by atoms with Crippen LogP contribution in [0.1, 0.15) is 47.1 Å². The van der Waals surface area contributed by atoms with E-state index in [1.807, 2.05) is 26.8 Å². The molecule has 4 heteroatoms. The maximum absolute atomic E-state index is 12.2. The SMILES string of the molecule is CC1C(NC(=O)OC(C)(C)C)CN(Cc2ccccc2)CC1(C)C. The van der Waals surface area contributed by atoms with Crippen LogP contribution in [0.2, 0.25) is 0 Å². The summed E-state index contributed by atoms with van der Waals surface area (Å²) in [5, 5.41) is 3.09. The van der Waals surface area contributed by atoms with Gasteiger partial charge in [0, 0.05) is 25.7 Å². The summed E-state index contributed by atoms with van der Waals surface area (Å²) in [6.45, 7) is 15.2. The molecule has 2 unspecified atom stereocenters. The first kappa shape index (κ1) is 18.8. The van der Waals surface area contributed by atoms with Crippen molar-refractivity contribution < 1.29 is 9.53 Å². The molecule has 0 aliphatic carbocycles. The van der Waals surface area contributed by atoms with Crippen molar-refractivity contribution in [1.82, 2.24) is 10.2 Å². The molecule has 0 aromatic heterocycles. The number of alkyl carbamates (subject to hydrolysis) is 1. The summed E-state index contributed by atoms with van der Waals surface area (Å²) < 4.78 is 5.44. The van der Waals surface area contributed by atoms with Gasteiger partial charge in [0.15, 0.2) is 0 Å². The largest absolute Gasteiger partial charge is 0.444 e. The lowest BCUT2D eigenvalue weighted by Crippen LogP contribution is -2.58. The third-order valence-corrected chi connectivity index (χ3v) is 4.87. The molecule has 1 aliphatic rings. The quantitative estimate of drug-likeness (QED) is 0.907. The van der Waals surface area contributed by atoms with Crippen LogP contribution in [0.25, 0.3) is 0 Å². The average Bonchev–Trinajstić information content (AvgIpc) is 2.43. The van der Waals surface area contributed by atoms with E-state index < -0.39 is 5.60 Å². The van der Waals surface area contributed by atoms with Gasteiger partial charge < -0.3 is 10.1 Å². The Morgan fingerprint density at radius 2 is 1.92 bits per heavy atom. The molecule has 24 heavy (non-hydrogen) atoms. The summed E-state index contributed by atoms with van der Waals surface area (Å²) in [4.78, 5) is 14.6. The number of benzene rings is 1. The number of likely N-dealkylation sites (tertiary alicyclic amines) is 1. The van der Waals surface area contributed by atoms with Crippen LogP contribution in [-0.2, 0) is 11.3 Å². The van der Waals surface area contributed by atoms with Crippen LogP contribution in [0.4, 0.5) is 4.79 Å². The molecule has 2 rings (SSSR count). The third-order valence-electron chi connectivity index (χ3n) is 4.87. The molecular weight excluding hydrogens is 300 g/mol. The van der Waals surface area contributed by atoms with Gasteiger partial charge in [-0.05, 0) is 37.7 Å². The lowest BCUT2D eigenvalue weighted by Gasteiger charge is -2.47. The van der Waals surface area contributed by atoms with E-state index in [2.05, 4.69) is 55.3 Å². The minimum Gasteiger partial charge on any atom is -0.444 e. The molecule has 1 saturated heterocycles. The summed E-state index contributed by atoms with van der Waals surface area (Å²) in [7, 11) is 0. The fourth-order valence-corrected chi connectivity index (χ4v) is 3.36. The first-order chi connectivity index (χ1) is 11.1. The number of carbonyl (C=O) groups excluding carboxylic acids is 1. The van der Waals surface area contributed by atoms with Crippen molar-refractivity contribution in [3.05, 3.63) is 35.9 Å². The van der Waals surface area contributed by atoms with E-state index in [4.69, 9.17) is 4.74 Å². The Kier molecular flexibility index (Phi) is 5.59. The summed E-state index contributed by atoms with van der Waals surface area (Å²) in [6.07, 6.45) is -0.322. The number of amides is 1. The van der Waals surface area contributed by atoms with E-state index in [1.165, 1.54) is 5.56 Å². The van der Waals surface area contributed by atoms with Crippen LogP contribution < -0.4 is 5.32 Å². The summed E-state index contributed by atoms with van der Waals surface area (Å²) >= 11 is 0. The average molecular weight is 332 g/mol. The van der Waals surface area contributed by atoms with Crippen molar-refractivity contribution in [2.45, 2.75) is 59.7 Å². The molecule has 0 spiro atoms. The van der Waals surface area contributed by atoms with E-state index in [9.17, 15) is 4.79 Å². The Hall–Kier alpha value is -1.55. The molecule has 2 atom stereocenters. The number of hydrogen-bond donors (Lipinski definition) is 1. The van der Waals surface area contributed by atoms with Crippen LogP contribution in [0.15, 0.2) is 30.3 Å². The summed E-state index contributed by atoms with van der Waals surface area (Å²) in [5.74, 6) is 0.386. The van der Waals surface area contributed by atoms with Crippen LogP contribution in [0.5, 0.6) is 0 Å². The predicted octanol–water partition coefficient (Wildman–Crippen LogP) is 4.06. The predicted molar refractivity (Wildman–Crippen MR) is 97.8 cm³/mol. The normalized spacial score (nSPS) is 24.4. The first-order valence-electron chi connectivity index (χ1n) is 8.83. The zero-order valence-electron chi connectivity index (χ0n) is 15.9. The summed E-state index contributed by atoms with van der Waals surface area (Å²) in [6, 6.07) is 10.6. The van der Waals surface area contributed by atoms with Gasteiger partial charge in [0.25, 0.3) is 0 Å². The number of nitrogens with one attached hydrogen (secondary N) is 1.